The van der Waals surface area contributed by atoms with Gasteiger partial charge >= 0.3 is 0 Å². The molecule has 2 heterocycles. The fourth-order valence-electron chi connectivity index (χ4n) is 2.54. The molecule has 1 N–H and O–H groups in total. The highest BCUT2D eigenvalue weighted by molar-refractivity contribution is 5.79. The molecule has 1 unspecified atom stereocenters. The van der Waals surface area contributed by atoms with Crippen molar-refractivity contribution in [2.45, 2.75) is 19.4 Å². The summed E-state index contributed by atoms with van der Waals surface area (Å²) >= 11 is 0. The lowest BCUT2D eigenvalue weighted by atomic mass is 9.98. The smallest absolute Gasteiger partial charge is 0.0702 e. The van der Waals surface area contributed by atoms with E-state index >= 15 is 0 Å². The zero-order chi connectivity index (χ0) is 14.5. The topological polar surface area (TPSA) is 37.8 Å². The van der Waals surface area contributed by atoms with E-state index < -0.39 is 0 Å². The van der Waals surface area contributed by atoms with Gasteiger partial charge in [-0.3, -0.25) is 9.97 Å². The molecule has 3 nitrogen and oxygen atoms in total. The number of hydrogen-bond donors (Lipinski definition) is 1. The molecule has 106 valence electrons. The monoisotopic (exact) mass is 277 g/mol. The number of pyridine rings is 2. The van der Waals surface area contributed by atoms with E-state index in [2.05, 4.69) is 52.5 Å². The molecule has 1 atom stereocenters. The van der Waals surface area contributed by atoms with Crippen molar-refractivity contribution in [2.24, 2.45) is 0 Å². The molecule has 0 fully saturated rings. The molecule has 3 rings (SSSR count). The highest BCUT2D eigenvalue weighted by Gasteiger charge is 2.13. The molecular formula is C18H19N3. The number of fused-ring (bicyclic) bond motifs is 1. The Morgan fingerprint density at radius 2 is 1.95 bits per heavy atom. The summed E-state index contributed by atoms with van der Waals surface area (Å²) in [4.78, 5) is 8.63. The van der Waals surface area contributed by atoms with Gasteiger partial charge in [0.2, 0.25) is 0 Å². The van der Waals surface area contributed by atoms with Gasteiger partial charge in [0.05, 0.1) is 11.6 Å². The Hall–Kier alpha value is -2.26. The van der Waals surface area contributed by atoms with Gasteiger partial charge in [-0.15, -0.1) is 0 Å². The van der Waals surface area contributed by atoms with Crippen LogP contribution in [0.4, 0.5) is 0 Å². The molecule has 3 heteroatoms. The number of nitrogens with one attached hydrogen (secondary N) is 1. The van der Waals surface area contributed by atoms with Gasteiger partial charge in [0.15, 0.2) is 0 Å². The molecule has 0 aliphatic heterocycles. The molecule has 0 radical (unpaired) electrons. The van der Waals surface area contributed by atoms with E-state index in [0.29, 0.717) is 0 Å². The molecule has 0 aliphatic carbocycles. The van der Waals surface area contributed by atoms with Crippen LogP contribution in [0.2, 0.25) is 0 Å². The van der Waals surface area contributed by atoms with Gasteiger partial charge in [0.25, 0.3) is 0 Å². The van der Waals surface area contributed by atoms with E-state index in [9.17, 15) is 0 Å². The highest BCUT2D eigenvalue weighted by atomic mass is 14.9. The third-order valence-corrected chi connectivity index (χ3v) is 3.58. The minimum Gasteiger partial charge on any atom is -0.306 e. The van der Waals surface area contributed by atoms with Gasteiger partial charge in [-0.25, -0.2) is 0 Å². The SMILES string of the molecule is CCCNC(c1cccnc1)c1ccc2ncccc2c1. The lowest BCUT2D eigenvalue weighted by Crippen LogP contribution is -2.23. The minimum absolute atomic E-state index is 0.170. The summed E-state index contributed by atoms with van der Waals surface area (Å²) in [5, 5.41) is 4.77. The van der Waals surface area contributed by atoms with Crippen LogP contribution in [0.5, 0.6) is 0 Å². The summed E-state index contributed by atoms with van der Waals surface area (Å²) in [6, 6.07) is 14.8. The summed E-state index contributed by atoms with van der Waals surface area (Å²) < 4.78 is 0. The molecule has 3 aromatic rings. The zero-order valence-electron chi connectivity index (χ0n) is 12.2. The van der Waals surface area contributed by atoms with E-state index in [4.69, 9.17) is 0 Å². The van der Waals surface area contributed by atoms with E-state index in [-0.39, 0.29) is 6.04 Å². The van der Waals surface area contributed by atoms with Crippen molar-refractivity contribution in [3.05, 3.63) is 72.2 Å². The van der Waals surface area contributed by atoms with Crippen LogP contribution in [0.3, 0.4) is 0 Å². The molecule has 2 aromatic heterocycles. The maximum Gasteiger partial charge on any atom is 0.0702 e. The summed E-state index contributed by atoms with van der Waals surface area (Å²) in [5.74, 6) is 0. The normalized spacial score (nSPS) is 12.4. The third-order valence-electron chi connectivity index (χ3n) is 3.58. The number of benzene rings is 1. The first kappa shape index (κ1) is 13.7. The quantitative estimate of drug-likeness (QED) is 0.772. The maximum absolute atomic E-state index is 4.38. The first-order valence-corrected chi connectivity index (χ1v) is 7.36. The minimum atomic E-state index is 0.170. The fourth-order valence-corrected chi connectivity index (χ4v) is 2.54. The van der Waals surface area contributed by atoms with Crippen molar-refractivity contribution in [1.29, 1.82) is 0 Å². The standard InChI is InChI=1S/C18H19N3/c1-2-9-21-18(16-6-3-10-19-13-16)15-7-8-17-14(12-15)5-4-11-20-17/h3-8,10-13,18,21H,2,9H2,1H3. The van der Waals surface area contributed by atoms with E-state index in [1.54, 1.807) is 0 Å². The highest BCUT2D eigenvalue weighted by Crippen LogP contribution is 2.24. The van der Waals surface area contributed by atoms with Crippen molar-refractivity contribution in [3.63, 3.8) is 0 Å². The van der Waals surface area contributed by atoms with Crippen molar-refractivity contribution in [3.8, 4) is 0 Å². The van der Waals surface area contributed by atoms with Crippen LogP contribution in [0.15, 0.2) is 61.1 Å². The molecule has 1 aromatic carbocycles. The molecule has 0 spiro atoms. The molecule has 0 saturated heterocycles. The lowest BCUT2D eigenvalue weighted by Gasteiger charge is -2.19. The van der Waals surface area contributed by atoms with Crippen LogP contribution in [-0.2, 0) is 0 Å². The molecule has 0 amide bonds. The summed E-state index contributed by atoms with van der Waals surface area (Å²) in [6.45, 7) is 3.16. The predicted octanol–water partition coefficient (Wildman–Crippen LogP) is 3.72. The van der Waals surface area contributed by atoms with Crippen LogP contribution in [-0.4, -0.2) is 16.5 Å². The lowest BCUT2D eigenvalue weighted by molar-refractivity contribution is 0.597. The Morgan fingerprint density at radius 1 is 1.05 bits per heavy atom. The second-order valence-corrected chi connectivity index (χ2v) is 5.13. The van der Waals surface area contributed by atoms with Gasteiger partial charge in [0, 0.05) is 24.0 Å². The molecule has 21 heavy (non-hydrogen) atoms. The average Bonchev–Trinajstić information content (AvgIpc) is 2.56. The Bertz CT molecular complexity index is 710. The Balaban J connectivity index is 2.01. The first-order chi connectivity index (χ1) is 10.4. The largest absolute Gasteiger partial charge is 0.306 e. The Labute approximate surface area is 125 Å². The van der Waals surface area contributed by atoms with Crippen molar-refractivity contribution >= 4 is 10.9 Å². The molecule has 0 aliphatic rings. The molecule has 0 saturated carbocycles. The second-order valence-electron chi connectivity index (χ2n) is 5.13. The van der Waals surface area contributed by atoms with Gasteiger partial charge in [-0.2, -0.15) is 0 Å². The third kappa shape index (κ3) is 3.09. The van der Waals surface area contributed by atoms with Crippen LogP contribution < -0.4 is 5.32 Å². The van der Waals surface area contributed by atoms with Crippen LogP contribution in [0, 0.1) is 0 Å². The maximum atomic E-state index is 4.38. The first-order valence-electron chi connectivity index (χ1n) is 7.36. The number of hydrogen-bond acceptors (Lipinski definition) is 3. The van der Waals surface area contributed by atoms with Crippen molar-refractivity contribution in [1.82, 2.24) is 15.3 Å². The van der Waals surface area contributed by atoms with Crippen LogP contribution >= 0.6 is 0 Å². The van der Waals surface area contributed by atoms with E-state index in [1.165, 1.54) is 16.5 Å². The van der Waals surface area contributed by atoms with E-state index in [0.717, 1.165) is 18.5 Å². The molecular weight excluding hydrogens is 258 g/mol. The second kappa shape index (κ2) is 6.46. The Kier molecular flexibility index (Phi) is 4.22. The average molecular weight is 277 g/mol. The van der Waals surface area contributed by atoms with Crippen LogP contribution in [0.1, 0.15) is 30.5 Å². The fraction of sp³-hybridized carbons (Fsp3) is 0.222. The van der Waals surface area contributed by atoms with Crippen molar-refractivity contribution in [2.75, 3.05) is 6.54 Å². The summed E-state index contributed by atoms with van der Waals surface area (Å²) in [7, 11) is 0. The molecule has 0 bridgehead atoms. The van der Waals surface area contributed by atoms with Gasteiger partial charge in [-0.1, -0.05) is 25.1 Å². The van der Waals surface area contributed by atoms with E-state index in [1.807, 2.05) is 30.7 Å². The van der Waals surface area contributed by atoms with Crippen LogP contribution in [0.25, 0.3) is 10.9 Å². The predicted molar refractivity (Wildman–Crippen MR) is 86.1 cm³/mol. The zero-order valence-corrected chi connectivity index (χ0v) is 12.2. The van der Waals surface area contributed by atoms with Crippen molar-refractivity contribution < 1.29 is 0 Å². The summed E-state index contributed by atoms with van der Waals surface area (Å²) in [6.07, 6.45) is 6.67. The number of aromatic nitrogens is 2. The number of rotatable bonds is 5. The number of nitrogens with zero attached hydrogens (tertiary/aromatic N) is 2. The summed E-state index contributed by atoms with van der Waals surface area (Å²) in [5.41, 5.74) is 3.47. The van der Waals surface area contributed by atoms with Gasteiger partial charge < -0.3 is 5.32 Å². The Morgan fingerprint density at radius 3 is 2.76 bits per heavy atom. The van der Waals surface area contributed by atoms with Gasteiger partial charge in [0.1, 0.15) is 0 Å². The van der Waals surface area contributed by atoms with Gasteiger partial charge in [-0.05, 0) is 48.4 Å².